The summed E-state index contributed by atoms with van der Waals surface area (Å²) < 4.78 is 60.1. The van der Waals surface area contributed by atoms with Crippen LogP contribution in [-0.2, 0) is 20.3 Å². The number of rotatable bonds is 3. The predicted octanol–water partition coefficient (Wildman–Crippen LogP) is 1.40. The summed E-state index contributed by atoms with van der Waals surface area (Å²) in [5.74, 6) is -2.31. The Hall–Kier alpha value is -3.12. The second-order valence-corrected chi connectivity index (χ2v) is 9.43. The molecule has 31 heavy (non-hydrogen) atoms. The molecule has 4 rings (SSSR count). The third-order valence-electron chi connectivity index (χ3n) is 5.52. The molecule has 164 valence electrons. The summed E-state index contributed by atoms with van der Waals surface area (Å²) in [7, 11) is -2.75. The molecule has 1 aromatic heterocycles. The Balaban J connectivity index is 1.74. The maximum Gasteiger partial charge on any atom is 0.274 e. The molecule has 0 saturated carbocycles. The molecular formula is C19H19F2N5O4S. The first-order valence-corrected chi connectivity index (χ1v) is 10.8. The quantitative estimate of drug-likeness (QED) is 0.648. The number of halogens is 2. The minimum atomic E-state index is -4.00. The van der Waals surface area contributed by atoms with Crippen molar-refractivity contribution >= 4 is 27.6 Å². The van der Waals surface area contributed by atoms with Gasteiger partial charge in [0.2, 0.25) is 16.0 Å². The molecule has 3 heterocycles. The number of carbonyl (C=O) groups is 1. The van der Waals surface area contributed by atoms with Gasteiger partial charge >= 0.3 is 0 Å². The van der Waals surface area contributed by atoms with Crippen LogP contribution in [0.3, 0.4) is 0 Å². The van der Waals surface area contributed by atoms with Crippen LogP contribution >= 0.6 is 0 Å². The van der Waals surface area contributed by atoms with E-state index in [0.717, 1.165) is 22.6 Å². The van der Waals surface area contributed by atoms with E-state index in [1.807, 2.05) is 0 Å². The molecule has 3 N–H and O–H groups in total. The summed E-state index contributed by atoms with van der Waals surface area (Å²) >= 11 is 0. The first-order chi connectivity index (χ1) is 14.6. The summed E-state index contributed by atoms with van der Waals surface area (Å²) in [5.41, 5.74) is -1.31. The zero-order valence-electron chi connectivity index (χ0n) is 16.4. The SMILES string of the molecule is CN1C(=N)N[C@@]2(c3cc(NC(=O)c4ccc(F)cn4)ccc3F)CCOCC2S1(=O)=O. The van der Waals surface area contributed by atoms with Crippen LogP contribution in [0.2, 0.25) is 0 Å². The van der Waals surface area contributed by atoms with E-state index in [9.17, 15) is 22.0 Å². The van der Waals surface area contributed by atoms with E-state index in [-0.39, 0.29) is 42.5 Å². The second kappa shape index (κ2) is 7.54. The summed E-state index contributed by atoms with van der Waals surface area (Å²) in [6.07, 6.45) is 0.996. The van der Waals surface area contributed by atoms with Crippen LogP contribution < -0.4 is 10.6 Å². The molecule has 2 aliphatic rings. The van der Waals surface area contributed by atoms with Gasteiger partial charge < -0.3 is 15.4 Å². The van der Waals surface area contributed by atoms with Crippen molar-refractivity contribution in [2.75, 3.05) is 25.6 Å². The standard InChI is InChI=1S/C19H19F2N5O4S/c1-26-18(22)25-19(6-7-30-10-16(19)31(26,28)29)13-8-12(3-4-14(13)21)24-17(27)15-5-2-11(20)9-23-15/h2-5,8-9,16H,6-7,10H2,1H3,(H2,22,25)(H,24,27)/t16?,19-/m1/s1. The Bertz CT molecular complexity index is 1160. The van der Waals surface area contributed by atoms with Gasteiger partial charge in [-0.3, -0.25) is 10.2 Å². The van der Waals surface area contributed by atoms with E-state index in [2.05, 4.69) is 15.6 Å². The number of fused-ring (bicyclic) bond motifs is 1. The number of carbonyl (C=O) groups excluding carboxylic acids is 1. The van der Waals surface area contributed by atoms with Gasteiger partial charge in [-0.2, -0.15) is 0 Å². The number of amides is 1. The lowest BCUT2D eigenvalue weighted by molar-refractivity contribution is 0.0416. The highest BCUT2D eigenvalue weighted by atomic mass is 32.2. The van der Waals surface area contributed by atoms with Gasteiger partial charge in [-0.05, 0) is 36.8 Å². The van der Waals surface area contributed by atoms with Gasteiger partial charge in [0.25, 0.3) is 5.91 Å². The average molecular weight is 451 g/mol. The van der Waals surface area contributed by atoms with Crippen molar-refractivity contribution in [3.05, 3.63) is 59.4 Å². The summed E-state index contributed by atoms with van der Waals surface area (Å²) in [6.45, 7) is -0.0198. The summed E-state index contributed by atoms with van der Waals surface area (Å²) in [6, 6.07) is 6.05. The lowest BCUT2D eigenvalue weighted by Gasteiger charge is -2.50. The number of nitrogens with one attached hydrogen (secondary N) is 3. The molecule has 1 amide bonds. The first kappa shape index (κ1) is 21.1. The highest BCUT2D eigenvalue weighted by molar-refractivity contribution is 7.90. The van der Waals surface area contributed by atoms with Gasteiger partial charge in [-0.15, -0.1) is 0 Å². The van der Waals surface area contributed by atoms with Crippen molar-refractivity contribution in [3.8, 4) is 0 Å². The Morgan fingerprint density at radius 1 is 1.35 bits per heavy atom. The highest BCUT2D eigenvalue weighted by Crippen LogP contribution is 2.41. The third kappa shape index (κ3) is 3.51. The molecule has 0 spiro atoms. The van der Waals surface area contributed by atoms with E-state index in [4.69, 9.17) is 10.1 Å². The number of aromatic nitrogens is 1. The van der Waals surface area contributed by atoms with E-state index in [1.165, 1.54) is 25.2 Å². The van der Waals surface area contributed by atoms with Gasteiger partial charge in [0.15, 0.2) is 0 Å². The monoisotopic (exact) mass is 451 g/mol. The lowest BCUT2D eigenvalue weighted by atomic mass is 9.81. The minimum absolute atomic E-state index is 0.00732. The van der Waals surface area contributed by atoms with Crippen LogP contribution in [0.15, 0.2) is 36.5 Å². The average Bonchev–Trinajstić information content (AvgIpc) is 2.74. The van der Waals surface area contributed by atoms with Gasteiger partial charge in [0.1, 0.15) is 22.6 Å². The molecule has 0 bridgehead atoms. The smallest absolute Gasteiger partial charge is 0.274 e. The Morgan fingerprint density at radius 3 is 2.84 bits per heavy atom. The largest absolute Gasteiger partial charge is 0.380 e. The summed E-state index contributed by atoms with van der Waals surface area (Å²) in [5, 5.41) is 12.3. The number of benzene rings is 1. The molecule has 2 saturated heterocycles. The summed E-state index contributed by atoms with van der Waals surface area (Å²) in [4.78, 5) is 16.1. The fourth-order valence-corrected chi connectivity index (χ4v) is 5.61. The first-order valence-electron chi connectivity index (χ1n) is 9.30. The Kier molecular flexibility index (Phi) is 5.13. The lowest BCUT2D eigenvalue weighted by Crippen LogP contribution is -2.70. The highest BCUT2D eigenvalue weighted by Gasteiger charge is 2.56. The van der Waals surface area contributed by atoms with E-state index >= 15 is 0 Å². The molecule has 2 atom stereocenters. The van der Waals surface area contributed by atoms with Crippen LogP contribution in [0.4, 0.5) is 14.5 Å². The second-order valence-electron chi connectivity index (χ2n) is 7.28. The number of guanidine groups is 1. The molecule has 0 aliphatic carbocycles. The van der Waals surface area contributed by atoms with Crippen molar-refractivity contribution in [2.24, 2.45) is 0 Å². The topological polar surface area (TPSA) is 124 Å². The van der Waals surface area contributed by atoms with Crippen LogP contribution in [0.1, 0.15) is 22.5 Å². The number of ether oxygens (including phenoxy) is 1. The molecule has 1 aromatic carbocycles. The maximum atomic E-state index is 15.0. The van der Waals surface area contributed by atoms with Crippen molar-refractivity contribution in [1.82, 2.24) is 14.6 Å². The molecule has 0 radical (unpaired) electrons. The van der Waals surface area contributed by atoms with Gasteiger partial charge in [-0.25, -0.2) is 26.5 Å². The number of hydrogen-bond donors (Lipinski definition) is 3. The molecule has 2 fully saturated rings. The zero-order chi connectivity index (χ0) is 22.4. The van der Waals surface area contributed by atoms with E-state index in [1.54, 1.807) is 0 Å². The normalized spacial score (nSPS) is 24.8. The Labute approximate surface area is 177 Å². The Morgan fingerprint density at radius 2 is 2.13 bits per heavy atom. The molecule has 9 nitrogen and oxygen atoms in total. The molecule has 2 aromatic rings. The predicted molar refractivity (Wildman–Crippen MR) is 107 cm³/mol. The molecule has 12 heteroatoms. The van der Waals surface area contributed by atoms with Gasteiger partial charge in [0, 0.05) is 24.9 Å². The zero-order valence-corrected chi connectivity index (χ0v) is 17.2. The van der Waals surface area contributed by atoms with E-state index in [0.29, 0.717) is 0 Å². The fraction of sp³-hybridized carbons (Fsp3) is 0.316. The van der Waals surface area contributed by atoms with Crippen molar-refractivity contribution in [2.45, 2.75) is 17.2 Å². The number of nitrogens with zero attached hydrogens (tertiary/aromatic N) is 2. The third-order valence-corrected chi connectivity index (χ3v) is 7.73. The molecule has 2 aliphatic heterocycles. The van der Waals surface area contributed by atoms with Crippen molar-refractivity contribution in [3.63, 3.8) is 0 Å². The van der Waals surface area contributed by atoms with Crippen molar-refractivity contribution in [1.29, 1.82) is 5.41 Å². The number of anilines is 1. The van der Waals surface area contributed by atoms with E-state index < -0.39 is 38.4 Å². The molecular weight excluding hydrogens is 432 g/mol. The van der Waals surface area contributed by atoms with Crippen LogP contribution in [-0.4, -0.2) is 55.1 Å². The van der Waals surface area contributed by atoms with Crippen LogP contribution in [0.25, 0.3) is 0 Å². The van der Waals surface area contributed by atoms with Gasteiger partial charge in [-0.1, -0.05) is 0 Å². The van der Waals surface area contributed by atoms with Crippen LogP contribution in [0, 0.1) is 17.0 Å². The van der Waals surface area contributed by atoms with Crippen molar-refractivity contribution < 1.29 is 26.7 Å². The molecule has 1 unspecified atom stereocenters. The van der Waals surface area contributed by atoms with Crippen LogP contribution in [0.5, 0.6) is 0 Å². The fourth-order valence-electron chi connectivity index (χ4n) is 3.84. The minimum Gasteiger partial charge on any atom is -0.380 e. The number of hydrogen-bond acceptors (Lipinski definition) is 6. The van der Waals surface area contributed by atoms with Gasteiger partial charge in [0.05, 0.1) is 18.3 Å². The number of sulfonamides is 1. The number of pyridine rings is 1. The maximum absolute atomic E-state index is 15.0.